The highest BCUT2D eigenvalue weighted by molar-refractivity contribution is 6.36. The van der Waals surface area contributed by atoms with Crippen LogP contribution in [0.25, 0.3) is 0 Å². The molecule has 0 radical (unpaired) electrons. The molecule has 0 aliphatic carbocycles. The zero-order valence-corrected chi connectivity index (χ0v) is 12.2. The molecule has 2 rings (SSSR count). The zero-order valence-electron chi connectivity index (χ0n) is 10.7. The summed E-state index contributed by atoms with van der Waals surface area (Å²) in [4.78, 5) is 12.0. The Morgan fingerprint density at radius 3 is 2.71 bits per heavy atom. The number of rotatable bonds is 3. The third kappa shape index (κ3) is 3.72. The van der Waals surface area contributed by atoms with Crippen LogP contribution in [0.15, 0.2) is 36.4 Å². The molecule has 0 fully saturated rings. The first-order valence-electron chi connectivity index (χ1n) is 5.93. The van der Waals surface area contributed by atoms with E-state index in [0.717, 1.165) is 11.6 Å². The predicted molar refractivity (Wildman–Crippen MR) is 78.7 cm³/mol. The molecule has 2 aromatic rings. The van der Waals surface area contributed by atoms with Gasteiger partial charge in [-0.3, -0.25) is 4.79 Å². The standard InChI is InChI=1S/C15H9Cl2FN2O/c16-12-6-13(17)14(18)5-11(12)15(21)20-8-10-3-1-2-9(4-10)7-19/h1-6H,8H2,(H,20,21). The Kier molecular flexibility index (Phi) is 4.79. The van der Waals surface area contributed by atoms with Crippen LogP contribution in [0, 0.1) is 17.1 Å². The molecule has 0 atom stereocenters. The molecule has 0 aliphatic rings. The van der Waals surface area contributed by atoms with E-state index in [1.54, 1.807) is 24.3 Å². The number of carbonyl (C=O) groups excluding carboxylic acids is 1. The maximum Gasteiger partial charge on any atom is 0.253 e. The normalized spacial score (nSPS) is 10.0. The summed E-state index contributed by atoms with van der Waals surface area (Å²) in [5, 5.41) is 11.3. The second-order valence-corrected chi connectivity index (χ2v) is 5.06. The smallest absolute Gasteiger partial charge is 0.253 e. The molecule has 3 nitrogen and oxygen atoms in total. The highest BCUT2D eigenvalue weighted by atomic mass is 35.5. The fraction of sp³-hybridized carbons (Fsp3) is 0.0667. The van der Waals surface area contributed by atoms with Gasteiger partial charge >= 0.3 is 0 Å². The van der Waals surface area contributed by atoms with Crippen LogP contribution in [0.2, 0.25) is 10.0 Å². The van der Waals surface area contributed by atoms with Crippen molar-refractivity contribution in [3.63, 3.8) is 0 Å². The number of hydrogen-bond acceptors (Lipinski definition) is 2. The molecular weight excluding hydrogens is 314 g/mol. The number of amides is 1. The average molecular weight is 323 g/mol. The van der Waals surface area contributed by atoms with Crippen LogP contribution in [-0.2, 0) is 6.54 Å². The third-order valence-electron chi connectivity index (χ3n) is 2.76. The molecule has 106 valence electrons. The SMILES string of the molecule is N#Cc1cccc(CNC(=O)c2cc(F)c(Cl)cc2Cl)c1. The molecule has 0 bridgehead atoms. The fourth-order valence-electron chi connectivity index (χ4n) is 1.72. The minimum absolute atomic E-state index is 0.00926. The highest BCUT2D eigenvalue weighted by Crippen LogP contribution is 2.24. The van der Waals surface area contributed by atoms with Gasteiger partial charge in [-0.15, -0.1) is 0 Å². The van der Waals surface area contributed by atoms with Crippen molar-refractivity contribution < 1.29 is 9.18 Å². The van der Waals surface area contributed by atoms with Crippen molar-refractivity contribution in [3.05, 3.63) is 69.0 Å². The van der Waals surface area contributed by atoms with E-state index >= 15 is 0 Å². The molecule has 6 heteroatoms. The van der Waals surface area contributed by atoms with Crippen LogP contribution in [0.3, 0.4) is 0 Å². The monoisotopic (exact) mass is 322 g/mol. The second-order valence-electron chi connectivity index (χ2n) is 4.24. The third-order valence-corrected chi connectivity index (χ3v) is 3.37. The summed E-state index contributed by atoms with van der Waals surface area (Å²) in [7, 11) is 0. The Morgan fingerprint density at radius 1 is 1.24 bits per heavy atom. The van der Waals surface area contributed by atoms with Crippen molar-refractivity contribution in [1.29, 1.82) is 5.26 Å². The minimum Gasteiger partial charge on any atom is -0.348 e. The van der Waals surface area contributed by atoms with E-state index in [4.69, 9.17) is 28.5 Å². The van der Waals surface area contributed by atoms with Gasteiger partial charge in [0, 0.05) is 6.54 Å². The molecule has 0 aliphatic heterocycles. The summed E-state index contributed by atoms with van der Waals surface area (Å²) in [5.74, 6) is -1.23. The quantitative estimate of drug-likeness (QED) is 0.870. The molecule has 0 saturated carbocycles. The van der Waals surface area contributed by atoms with Gasteiger partial charge in [0.25, 0.3) is 5.91 Å². The van der Waals surface area contributed by atoms with Gasteiger partial charge in [-0.2, -0.15) is 5.26 Å². The largest absolute Gasteiger partial charge is 0.348 e. The fourth-order valence-corrected chi connectivity index (χ4v) is 2.19. The van der Waals surface area contributed by atoms with Crippen LogP contribution >= 0.6 is 23.2 Å². The Hall–Kier alpha value is -2.09. The maximum absolute atomic E-state index is 13.4. The van der Waals surface area contributed by atoms with E-state index in [2.05, 4.69) is 5.32 Å². The number of nitrogens with one attached hydrogen (secondary N) is 1. The molecule has 1 amide bonds. The number of nitriles is 1. The minimum atomic E-state index is -0.710. The van der Waals surface area contributed by atoms with Crippen LogP contribution in [0.4, 0.5) is 4.39 Å². The second kappa shape index (κ2) is 6.57. The Bertz CT molecular complexity index is 741. The van der Waals surface area contributed by atoms with E-state index in [1.807, 2.05) is 6.07 Å². The zero-order chi connectivity index (χ0) is 15.4. The van der Waals surface area contributed by atoms with Crippen LogP contribution < -0.4 is 5.32 Å². The molecule has 0 unspecified atom stereocenters. The van der Waals surface area contributed by atoms with Gasteiger partial charge in [0.05, 0.1) is 27.2 Å². The lowest BCUT2D eigenvalue weighted by molar-refractivity contribution is 0.0950. The first-order valence-corrected chi connectivity index (χ1v) is 6.68. The Labute approximate surface area is 130 Å². The number of carbonyl (C=O) groups is 1. The number of benzene rings is 2. The Morgan fingerprint density at radius 2 is 2.00 bits per heavy atom. The van der Waals surface area contributed by atoms with Gasteiger partial charge in [-0.05, 0) is 29.8 Å². The molecular formula is C15H9Cl2FN2O. The maximum atomic E-state index is 13.4. The van der Waals surface area contributed by atoms with Crippen molar-refractivity contribution >= 4 is 29.1 Å². The van der Waals surface area contributed by atoms with Crippen LogP contribution in [-0.4, -0.2) is 5.91 Å². The molecule has 1 N–H and O–H groups in total. The Balaban J connectivity index is 2.12. The van der Waals surface area contributed by atoms with E-state index in [1.165, 1.54) is 6.07 Å². The van der Waals surface area contributed by atoms with E-state index < -0.39 is 11.7 Å². The van der Waals surface area contributed by atoms with E-state index in [0.29, 0.717) is 5.56 Å². The van der Waals surface area contributed by atoms with Gasteiger partial charge in [0.1, 0.15) is 5.82 Å². The molecule has 21 heavy (non-hydrogen) atoms. The summed E-state index contributed by atoms with van der Waals surface area (Å²) in [6.07, 6.45) is 0. The van der Waals surface area contributed by atoms with Gasteiger partial charge in [0.15, 0.2) is 0 Å². The van der Waals surface area contributed by atoms with Gasteiger partial charge in [0.2, 0.25) is 0 Å². The number of hydrogen-bond donors (Lipinski definition) is 1. The first-order chi connectivity index (χ1) is 10.0. The lowest BCUT2D eigenvalue weighted by Gasteiger charge is -2.08. The highest BCUT2D eigenvalue weighted by Gasteiger charge is 2.14. The topological polar surface area (TPSA) is 52.9 Å². The van der Waals surface area contributed by atoms with Crippen LogP contribution in [0.5, 0.6) is 0 Å². The molecule has 0 aromatic heterocycles. The van der Waals surface area contributed by atoms with Crippen molar-refractivity contribution in [2.75, 3.05) is 0 Å². The summed E-state index contributed by atoms with van der Waals surface area (Å²) in [5.41, 5.74) is 1.26. The van der Waals surface area contributed by atoms with Crippen LogP contribution in [0.1, 0.15) is 21.5 Å². The van der Waals surface area contributed by atoms with Gasteiger partial charge in [-0.1, -0.05) is 35.3 Å². The molecule has 0 saturated heterocycles. The van der Waals surface area contributed by atoms with Crippen molar-refractivity contribution in [3.8, 4) is 6.07 Å². The lowest BCUT2D eigenvalue weighted by atomic mass is 10.1. The molecule has 2 aromatic carbocycles. The number of nitrogens with zero attached hydrogens (tertiary/aromatic N) is 1. The first kappa shape index (κ1) is 15.3. The molecule has 0 spiro atoms. The van der Waals surface area contributed by atoms with E-state index in [9.17, 15) is 9.18 Å². The predicted octanol–water partition coefficient (Wildman–Crippen LogP) is 3.93. The summed E-state index contributed by atoms with van der Waals surface area (Å²) >= 11 is 11.4. The van der Waals surface area contributed by atoms with Crippen molar-refractivity contribution in [2.24, 2.45) is 0 Å². The van der Waals surface area contributed by atoms with E-state index in [-0.39, 0.29) is 22.2 Å². The molecule has 0 heterocycles. The summed E-state index contributed by atoms with van der Waals surface area (Å²) < 4.78 is 13.4. The van der Waals surface area contributed by atoms with Gasteiger partial charge < -0.3 is 5.32 Å². The van der Waals surface area contributed by atoms with Crippen molar-refractivity contribution in [1.82, 2.24) is 5.32 Å². The van der Waals surface area contributed by atoms with Crippen molar-refractivity contribution in [2.45, 2.75) is 6.54 Å². The summed E-state index contributed by atoms with van der Waals surface area (Å²) in [6, 6.07) is 11.0. The summed E-state index contributed by atoms with van der Waals surface area (Å²) in [6.45, 7) is 0.203. The number of halogens is 3. The average Bonchev–Trinajstić information content (AvgIpc) is 2.48. The van der Waals surface area contributed by atoms with Gasteiger partial charge in [-0.25, -0.2) is 4.39 Å². The lowest BCUT2D eigenvalue weighted by Crippen LogP contribution is -2.23.